The third kappa shape index (κ3) is 5.62. The summed E-state index contributed by atoms with van der Waals surface area (Å²) in [5.74, 6) is 0. The standard InChI is InChI=1S/C21H30N2O2/c1-5-6-19(22-4)14-18(20-13-16(2)15-23-17(20)3)7-8-21(24)9-11-25-12-10-21/h7,13-15,24H,4-6,8-12H2,1-3H3/b18-7+,19-14-. The van der Waals surface area contributed by atoms with E-state index in [1.807, 2.05) is 20.0 Å². The highest BCUT2D eigenvalue weighted by molar-refractivity contribution is 5.76. The van der Waals surface area contributed by atoms with Crippen LogP contribution in [0.5, 0.6) is 0 Å². The lowest BCUT2D eigenvalue weighted by molar-refractivity contribution is -0.0609. The lowest BCUT2D eigenvalue weighted by atomic mass is 9.88. The summed E-state index contributed by atoms with van der Waals surface area (Å²) in [5.41, 5.74) is 4.53. The fourth-order valence-corrected chi connectivity index (χ4v) is 3.06. The minimum Gasteiger partial charge on any atom is -0.389 e. The third-order valence-electron chi connectivity index (χ3n) is 4.69. The van der Waals surface area contributed by atoms with Crippen LogP contribution >= 0.6 is 0 Å². The average Bonchev–Trinajstić information content (AvgIpc) is 2.60. The summed E-state index contributed by atoms with van der Waals surface area (Å²) in [4.78, 5) is 8.67. The Hall–Kier alpha value is -1.78. The van der Waals surface area contributed by atoms with Gasteiger partial charge in [0.25, 0.3) is 0 Å². The molecule has 0 bridgehead atoms. The second-order valence-corrected chi connectivity index (χ2v) is 6.89. The van der Waals surface area contributed by atoms with Crippen LogP contribution in [0, 0.1) is 13.8 Å². The van der Waals surface area contributed by atoms with Crippen LogP contribution in [-0.4, -0.2) is 35.6 Å². The minimum atomic E-state index is -0.685. The quantitative estimate of drug-likeness (QED) is 0.590. The number of aryl methyl sites for hydroxylation is 2. The molecule has 0 radical (unpaired) electrons. The number of aliphatic hydroxyl groups is 1. The van der Waals surface area contributed by atoms with Gasteiger partial charge in [0.15, 0.2) is 0 Å². The van der Waals surface area contributed by atoms with Crippen molar-refractivity contribution in [1.82, 2.24) is 4.98 Å². The Bertz CT molecular complexity index is 656. The molecule has 0 aliphatic carbocycles. The third-order valence-corrected chi connectivity index (χ3v) is 4.69. The Morgan fingerprint density at radius 3 is 2.76 bits per heavy atom. The molecule has 0 amide bonds. The van der Waals surface area contributed by atoms with Crippen LogP contribution < -0.4 is 0 Å². The van der Waals surface area contributed by atoms with E-state index in [2.05, 4.69) is 41.8 Å². The number of aromatic nitrogens is 1. The molecule has 1 fully saturated rings. The first-order chi connectivity index (χ1) is 12.0. The summed E-state index contributed by atoms with van der Waals surface area (Å²) < 4.78 is 5.38. The molecule has 0 spiro atoms. The Balaban J connectivity index is 2.39. The molecule has 0 saturated carbocycles. The molecule has 1 aliphatic heterocycles. The molecule has 1 aromatic heterocycles. The van der Waals surface area contributed by atoms with Gasteiger partial charge in [-0.05, 0) is 69.5 Å². The van der Waals surface area contributed by atoms with E-state index >= 15 is 0 Å². The van der Waals surface area contributed by atoms with Crippen LogP contribution in [0.25, 0.3) is 5.57 Å². The van der Waals surface area contributed by atoms with Gasteiger partial charge >= 0.3 is 0 Å². The summed E-state index contributed by atoms with van der Waals surface area (Å²) in [7, 11) is 0. The first-order valence-corrected chi connectivity index (χ1v) is 9.08. The summed E-state index contributed by atoms with van der Waals surface area (Å²) in [5, 5.41) is 10.8. The molecule has 1 N–H and O–H groups in total. The molecule has 1 saturated heterocycles. The van der Waals surface area contributed by atoms with Crippen LogP contribution in [0.2, 0.25) is 0 Å². The summed E-state index contributed by atoms with van der Waals surface area (Å²) in [6.45, 7) is 11.1. The largest absolute Gasteiger partial charge is 0.389 e. The van der Waals surface area contributed by atoms with E-state index in [-0.39, 0.29) is 0 Å². The predicted octanol–water partition coefficient (Wildman–Crippen LogP) is 4.40. The number of hydrogen-bond donors (Lipinski definition) is 1. The Kier molecular flexibility index (Phi) is 7.09. The first-order valence-electron chi connectivity index (χ1n) is 9.08. The van der Waals surface area contributed by atoms with Gasteiger partial charge in [0, 0.05) is 36.4 Å². The van der Waals surface area contributed by atoms with E-state index in [4.69, 9.17) is 4.74 Å². The van der Waals surface area contributed by atoms with Crippen molar-refractivity contribution in [3.05, 3.63) is 46.9 Å². The molecule has 4 heteroatoms. The molecule has 0 unspecified atom stereocenters. The molecule has 2 rings (SSSR count). The maximum absolute atomic E-state index is 10.8. The molecule has 4 nitrogen and oxygen atoms in total. The van der Waals surface area contributed by atoms with Gasteiger partial charge in [-0.3, -0.25) is 9.98 Å². The second kappa shape index (κ2) is 9.07. The molecule has 0 aromatic carbocycles. The molecular formula is C21H30N2O2. The molecule has 25 heavy (non-hydrogen) atoms. The number of allylic oxidation sites excluding steroid dienone is 3. The highest BCUT2D eigenvalue weighted by Crippen LogP contribution is 2.29. The molecule has 2 heterocycles. The van der Waals surface area contributed by atoms with Gasteiger partial charge in [0.05, 0.1) is 5.60 Å². The zero-order valence-corrected chi connectivity index (χ0v) is 15.7. The number of rotatable bonds is 7. The Morgan fingerprint density at radius 1 is 1.40 bits per heavy atom. The van der Waals surface area contributed by atoms with Crippen molar-refractivity contribution in [2.75, 3.05) is 13.2 Å². The Labute approximate surface area is 151 Å². The molecule has 1 aliphatic rings. The number of aliphatic imine (C=N–C) groups is 1. The van der Waals surface area contributed by atoms with Crippen molar-refractivity contribution in [1.29, 1.82) is 0 Å². The lowest BCUT2D eigenvalue weighted by Gasteiger charge is -2.31. The maximum atomic E-state index is 10.8. The smallest absolute Gasteiger partial charge is 0.0726 e. The molecular weight excluding hydrogens is 312 g/mol. The fraction of sp³-hybridized carbons (Fsp3) is 0.524. The average molecular weight is 342 g/mol. The normalized spacial score (nSPS) is 18.2. The van der Waals surface area contributed by atoms with Crippen LogP contribution in [0.4, 0.5) is 0 Å². The second-order valence-electron chi connectivity index (χ2n) is 6.89. The molecule has 0 atom stereocenters. The van der Waals surface area contributed by atoms with Crippen molar-refractivity contribution in [2.45, 2.75) is 58.5 Å². The summed E-state index contributed by atoms with van der Waals surface area (Å²) in [6, 6.07) is 2.14. The van der Waals surface area contributed by atoms with Crippen LogP contribution in [-0.2, 0) is 4.74 Å². The van der Waals surface area contributed by atoms with Crippen LogP contribution in [0.3, 0.4) is 0 Å². The zero-order valence-electron chi connectivity index (χ0n) is 15.7. The van der Waals surface area contributed by atoms with E-state index in [0.717, 1.165) is 40.9 Å². The van der Waals surface area contributed by atoms with E-state index in [1.165, 1.54) is 0 Å². The van der Waals surface area contributed by atoms with Gasteiger partial charge in [0.1, 0.15) is 0 Å². The van der Waals surface area contributed by atoms with Crippen LogP contribution in [0.15, 0.2) is 35.1 Å². The zero-order chi connectivity index (χ0) is 18.3. The van der Waals surface area contributed by atoms with Crippen molar-refractivity contribution in [3.8, 4) is 0 Å². The van der Waals surface area contributed by atoms with Gasteiger partial charge < -0.3 is 9.84 Å². The van der Waals surface area contributed by atoms with E-state index < -0.39 is 5.60 Å². The van der Waals surface area contributed by atoms with Gasteiger partial charge in [-0.15, -0.1) is 0 Å². The predicted molar refractivity (Wildman–Crippen MR) is 104 cm³/mol. The van der Waals surface area contributed by atoms with Gasteiger partial charge in [-0.25, -0.2) is 0 Å². The fourth-order valence-electron chi connectivity index (χ4n) is 3.06. The van der Waals surface area contributed by atoms with Gasteiger partial charge in [-0.2, -0.15) is 0 Å². The monoisotopic (exact) mass is 342 g/mol. The summed E-state index contributed by atoms with van der Waals surface area (Å²) >= 11 is 0. The Morgan fingerprint density at radius 2 is 2.12 bits per heavy atom. The SMILES string of the molecule is C=N/C(=C\C(=C/CC1(O)CCOCC1)c1cc(C)cnc1C)CCC. The van der Waals surface area contributed by atoms with Gasteiger partial charge in [0.2, 0.25) is 0 Å². The topological polar surface area (TPSA) is 54.7 Å². The number of nitrogens with zero attached hydrogens (tertiary/aromatic N) is 2. The van der Waals surface area contributed by atoms with Crippen molar-refractivity contribution in [2.24, 2.45) is 4.99 Å². The van der Waals surface area contributed by atoms with E-state index in [9.17, 15) is 5.11 Å². The molecule has 1 aromatic rings. The number of ether oxygens (including phenoxy) is 1. The number of hydrogen-bond acceptors (Lipinski definition) is 4. The van der Waals surface area contributed by atoms with Crippen molar-refractivity contribution >= 4 is 12.3 Å². The van der Waals surface area contributed by atoms with Crippen LogP contribution in [0.1, 0.15) is 55.8 Å². The highest BCUT2D eigenvalue weighted by Gasteiger charge is 2.28. The highest BCUT2D eigenvalue weighted by atomic mass is 16.5. The van der Waals surface area contributed by atoms with Crippen molar-refractivity contribution < 1.29 is 9.84 Å². The summed E-state index contributed by atoms with van der Waals surface area (Å²) in [6.07, 6.45) is 9.94. The van der Waals surface area contributed by atoms with E-state index in [1.54, 1.807) is 0 Å². The maximum Gasteiger partial charge on any atom is 0.0726 e. The lowest BCUT2D eigenvalue weighted by Crippen LogP contribution is -2.35. The first kappa shape index (κ1) is 19.5. The van der Waals surface area contributed by atoms with Crippen molar-refractivity contribution in [3.63, 3.8) is 0 Å². The minimum absolute atomic E-state index is 0.603. The number of pyridine rings is 1. The van der Waals surface area contributed by atoms with Gasteiger partial charge in [-0.1, -0.05) is 19.4 Å². The molecule has 136 valence electrons. The van der Waals surface area contributed by atoms with E-state index in [0.29, 0.717) is 32.5 Å².